The topological polar surface area (TPSA) is 19.4 Å². The Bertz CT molecular complexity index is 490. The zero-order chi connectivity index (χ0) is 14.1. The number of rotatable bonds is 4. The van der Waals surface area contributed by atoms with E-state index >= 15 is 0 Å². The fourth-order valence-corrected chi connectivity index (χ4v) is 4.32. The molecule has 1 saturated heterocycles. The number of piperazine rings is 1. The number of hydrogen-bond acceptors (Lipinski definition) is 3. The Hall–Kier alpha value is -1.19. The quantitative estimate of drug-likeness (QED) is 0.791. The van der Waals surface area contributed by atoms with Gasteiger partial charge in [0.25, 0.3) is 0 Å². The molecule has 21 heavy (non-hydrogen) atoms. The zero-order valence-electron chi connectivity index (χ0n) is 12.7. The molecule has 3 heteroatoms. The van der Waals surface area contributed by atoms with Gasteiger partial charge in [-0.15, -0.1) is 0 Å². The van der Waals surface area contributed by atoms with Crippen LogP contribution in [0.4, 0.5) is 0 Å². The molecular weight excluding hydrogens is 258 g/mol. The third kappa shape index (κ3) is 3.04. The normalized spacial score (nSPS) is 32.9. The van der Waals surface area contributed by atoms with Gasteiger partial charge in [-0.3, -0.25) is 9.88 Å². The van der Waals surface area contributed by atoms with Crippen molar-refractivity contribution in [2.24, 2.45) is 17.8 Å². The summed E-state index contributed by atoms with van der Waals surface area (Å²) in [7, 11) is 0. The summed E-state index contributed by atoms with van der Waals surface area (Å²) < 4.78 is 0. The number of hydrogen-bond donors (Lipinski definition) is 0. The Kier molecular flexibility index (Phi) is 3.78. The Morgan fingerprint density at radius 3 is 2.57 bits per heavy atom. The number of fused-ring (bicyclic) bond motifs is 2. The maximum Gasteiger partial charge on any atom is 0.0312 e. The maximum absolute atomic E-state index is 4.21. The fourth-order valence-electron chi connectivity index (χ4n) is 4.32. The van der Waals surface area contributed by atoms with Crippen LogP contribution in [0.15, 0.2) is 36.7 Å². The van der Waals surface area contributed by atoms with E-state index in [-0.39, 0.29) is 0 Å². The molecule has 2 bridgehead atoms. The van der Waals surface area contributed by atoms with Crippen LogP contribution in [0.25, 0.3) is 0 Å². The van der Waals surface area contributed by atoms with Gasteiger partial charge < -0.3 is 4.90 Å². The Morgan fingerprint density at radius 2 is 1.90 bits per heavy atom. The highest BCUT2D eigenvalue weighted by Crippen LogP contribution is 2.43. The van der Waals surface area contributed by atoms with Crippen molar-refractivity contribution in [2.75, 3.05) is 32.7 Å². The van der Waals surface area contributed by atoms with Crippen molar-refractivity contribution in [1.29, 1.82) is 0 Å². The summed E-state index contributed by atoms with van der Waals surface area (Å²) in [5, 5.41) is 0. The minimum Gasteiger partial charge on any atom is -0.300 e. The van der Waals surface area contributed by atoms with E-state index in [0.29, 0.717) is 0 Å². The first-order chi connectivity index (χ1) is 10.4. The molecule has 0 spiro atoms. The van der Waals surface area contributed by atoms with Gasteiger partial charge in [-0.2, -0.15) is 0 Å². The largest absolute Gasteiger partial charge is 0.300 e. The van der Waals surface area contributed by atoms with Crippen molar-refractivity contribution in [3.05, 3.63) is 42.2 Å². The molecular formula is C18H25N3. The molecule has 1 saturated carbocycles. The molecule has 1 aromatic rings. The van der Waals surface area contributed by atoms with E-state index in [1.54, 1.807) is 0 Å². The molecule has 4 rings (SSSR count). The van der Waals surface area contributed by atoms with Crippen LogP contribution in [-0.2, 0) is 6.54 Å². The molecule has 1 aliphatic heterocycles. The number of nitrogens with zero attached hydrogens (tertiary/aromatic N) is 3. The third-order valence-corrected chi connectivity index (χ3v) is 5.50. The van der Waals surface area contributed by atoms with E-state index in [4.69, 9.17) is 0 Å². The molecule has 2 fully saturated rings. The minimum atomic E-state index is 0.892. The second kappa shape index (κ2) is 5.90. The lowest BCUT2D eigenvalue weighted by atomic mass is 9.93. The highest BCUT2D eigenvalue weighted by molar-refractivity contribution is 5.11. The van der Waals surface area contributed by atoms with Gasteiger partial charge in [-0.25, -0.2) is 0 Å². The molecule has 3 nitrogen and oxygen atoms in total. The van der Waals surface area contributed by atoms with E-state index < -0.39 is 0 Å². The first-order valence-corrected chi connectivity index (χ1v) is 8.39. The first-order valence-electron chi connectivity index (χ1n) is 8.39. The second-order valence-corrected chi connectivity index (χ2v) is 6.98. The highest BCUT2D eigenvalue weighted by Gasteiger charge is 2.36. The van der Waals surface area contributed by atoms with Crippen LogP contribution in [0.3, 0.4) is 0 Å². The van der Waals surface area contributed by atoms with Gasteiger partial charge in [-0.1, -0.05) is 18.2 Å². The summed E-state index contributed by atoms with van der Waals surface area (Å²) in [6.07, 6.45) is 11.7. The monoisotopic (exact) mass is 283 g/mol. The van der Waals surface area contributed by atoms with Crippen molar-refractivity contribution < 1.29 is 0 Å². The number of aromatic nitrogens is 1. The van der Waals surface area contributed by atoms with Crippen LogP contribution in [0.2, 0.25) is 0 Å². The maximum atomic E-state index is 4.21. The molecule has 0 N–H and O–H groups in total. The smallest absolute Gasteiger partial charge is 0.0312 e. The molecule has 0 radical (unpaired) electrons. The lowest BCUT2D eigenvalue weighted by Crippen LogP contribution is -2.47. The van der Waals surface area contributed by atoms with Crippen molar-refractivity contribution in [2.45, 2.75) is 19.4 Å². The molecule has 0 amide bonds. The molecule has 3 atom stereocenters. The van der Waals surface area contributed by atoms with Crippen LogP contribution in [-0.4, -0.2) is 47.5 Å². The highest BCUT2D eigenvalue weighted by atomic mass is 15.3. The molecule has 112 valence electrons. The Labute approximate surface area is 127 Å². The van der Waals surface area contributed by atoms with Gasteiger partial charge in [0.1, 0.15) is 0 Å². The van der Waals surface area contributed by atoms with Crippen molar-refractivity contribution in [3.63, 3.8) is 0 Å². The SMILES string of the molecule is C1=CC2CC1CC2CN1CCN(Cc2cccnc2)CC1. The average Bonchev–Trinajstić information content (AvgIpc) is 3.13. The Morgan fingerprint density at radius 1 is 1.05 bits per heavy atom. The number of pyridine rings is 1. The molecule has 3 unspecified atom stereocenters. The van der Waals surface area contributed by atoms with Crippen molar-refractivity contribution in [1.82, 2.24) is 14.8 Å². The van der Waals surface area contributed by atoms with Gasteiger partial charge in [-0.05, 0) is 42.2 Å². The van der Waals surface area contributed by atoms with E-state index in [1.165, 1.54) is 51.1 Å². The standard InChI is InChI=1S/C18H25N3/c1-2-16(12-19-5-1)13-20-6-8-21(9-7-20)14-18-11-15-3-4-17(18)10-15/h1-5,12,15,17-18H,6-11,13-14H2. The lowest BCUT2D eigenvalue weighted by molar-refractivity contribution is 0.108. The van der Waals surface area contributed by atoms with Crippen molar-refractivity contribution in [3.8, 4) is 0 Å². The summed E-state index contributed by atoms with van der Waals surface area (Å²) in [6, 6.07) is 4.22. The van der Waals surface area contributed by atoms with Gasteiger partial charge in [0.2, 0.25) is 0 Å². The van der Waals surface area contributed by atoms with E-state index in [1.807, 2.05) is 18.5 Å². The summed E-state index contributed by atoms with van der Waals surface area (Å²) in [6.45, 7) is 7.25. The van der Waals surface area contributed by atoms with Crippen molar-refractivity contribution >= 4 is 0 Å². The van der Waals surface area contributed by atoms with Crippen LogP contribution < -0.4 is 0 Å². The zero-order valence-corrected chi connectivity index (χ0v) is 12.7. The summed E-state index contributed by atoms with van der Waals surface area (Å²) in [4.78, 5) is 9.47. The summed E-state index contributed by atoms with van der Waals surface area (Å²) in [5.74, 6) is 2.74. The van der Waals surface area contributed by atoms with E-state index in [2.05, 4.69) is 33.0 Å². The van der Waals surface area contributed by atoms with Gasteiger partial charge >= 0.3 is 0 Å². The number of allylic oxidation sites excluding steroid dienone is 2. The third-order valence-electron chi connectivity index (χ3n) is 5.50. The average molecular weight is 283 g/mol. The van der Waals surface area contributed by atoms with Gasteiger partial charge in [0.15, 0.2) is 0 Å². The second-order valence-electron chi connectivity index (χ2n) is 6.98. The summed E-state index contributed by atoms with van der Waals surface area (Å²) >= 11 is 0. The Balaban J connectivity index is 1.24. The predicted molar refractivity (Wildman–Crippen MR) is 84.8 cm³/mol. The fraction of sp³-hybridized carbons (Fsp3) is 0.611. The van der Waals surface area contributed by atoms with Crippen LogP contribution in [0.1, 0.15) is 18.4 Å². The molecule has 3 aliphatic rings. The van der Waals surface area contributed by atoms with Crippen LogP contribution >= 0.6 is 0 Å². The molecule has 0 aromatic carbocycles. The molecule has 2 aliphatic carbocycles. The van der Waals surface area contributed by atoms with E-state index in [0.717, 1.165) is 24.3 Å². The predicted octanol–water partition coefficient (Wildman–Crippen LogP) is 2.41. The molecule has 2 heterocycles. The van der Waals surface area contributed by atoms with Crippen LogP contribution in [0, 0.1) is 17.8 Å². The lowest BCUT2D eigenvalue weighted by Gasteiger charge is -2.36. The summed E-state index contributed by atoms with van der Waals surface area (Å²) in [5.41, 5.74) is 1.34. The minimum absolute atomic E-state index is 0.892. The van der Waals surface area contributed by atoms with Gasteiger partial charge in [0.05, 0.1) is 0 Å². The van der Waals surface area contributed by atoms with Gasteiger partial charge in [0, 0.05) is 51.7 Å². The molecule has 1 aromatic heterocycles. The van der Waals surface area contributed by atoms with E-state index in [9.17, 15) is 0 Å². The van der Waals surface area contributed by atoms with Crippen LogP contribution in [0.5, 0.6) is 0 Å². The first kappa shape index (κ1) is 13.5.